The van der Waals surface area contributed by atoms with E-state index in [0.29, 0.717) is 12.8 Å². The summed E-state index contributed by atoms with van der Waals surface area (Å²) in [6.07, 6.45) is 7.19. The Bertz CT molecular complexity index is 806. The third kappa shape index (κ3) is 3.72. The number of aromatic nitrogens is 2. The maximum absolute atomic E-state index is 13.4. The molecular weight excluding hydrogens is 347 g/mol. The van der Waals surface area contributed by atoms with Crippen molar-refractivity contribution in [3.8, 4) is 0 Å². The molecule has 0 bridgehead atoms. The molecule has 2 aromatic rings. The van der Waals surface area contributed by atoms with Gasteiger partial charge in [0.05, 0.1) is 18.1 Å². The molecule has 3 heterocycles. The molecule has 3 atom stereocenters. The molecule has 0 saturated carbocycles. The number of hydrogen-bond acceptors (Lipinski definition) is 3. The second kappa shape index (κ2) is 7.50. The molecule has 1 N–H and O–H groups in total. The van der Waals surface area contributed by atoms with E-state index in [-0.39, 0.29) is 42.3 Å². The molecule has 0 radical (unpaired) electrons. The van der Waals surface area contributed by atoms with Gasteiger partial charge in [-0.1, -0.05) is 18.6 Å². The summed E-state index contributed by atoms with van der Waals surface area (Å²) in [5, 5.41) is 7.24. The first-order valence-electron chi connectivity index (χ1n) is 9.45. The summed E-state index contributed by atoms with van der Waals surface area (Å²) in [4.78, 5) is 27.2. The average Bonchev–Trinajstić information content (AvgIpc) is 3.25. The van der Waals surface area contributed by atoms with Gasteiger partial charge in [-0.3, -0.25) is 14.3 Å². The highest BCUT2D eigenvalue weighted by atomic mass is 19.1. The van der Waals surface area contributed by atoms with Crippen molar-refractivity contribution in [2.24, 2.45) is 0 Å². The summed E-state index contributed by atoms with van der Waals surface area (Å²) in [6, 6.07) is 7.79. The zero-order valence-electron chi connectivity index (χ0n) is 15.1. The topological polar surface area (TPSA) is 67.2 Å². The minimum Gasteiger partial charge on any atom is -0.351 e. The van der Waals surface area contributed by atoms with Gasteiger partial charge >= 0.3 is 0 Å². The lowest BCUT2D eigenvalue weighted by Crippen LogP contribution is -2.48. The number of nitrogens with one attached hydrogen (secondary N) is 1. The molecule has 6 nitrogen and oxygen atoms in total. The molecule has 0 unspecified atom stereocenters. The van der Waals surface area contributed by atoms with Gasteiger partial charge in [-0.2, -0.15) is 5.10 Å². The van der Waals surface area contributed by atoms with Crippen LogP contribution in [0.15, 0.2) is 42.7 Å². The lowest BCUT2D eigenvalue weighted by Gasteiger charge is -2.33. The Hall–Kier alpha value is -2.70. The lowest BCUT2D eigenvalue weighted by molar-refractivity contribution is -0.136. The highest BCUT2D eigenvalue weighted by Crippen LogP contribution is 2.39. The van der Waals surface area contributed by atoms with Gasteiger partial charge in [-0.25, -0.2) is 4.39 Å². The SMILES string of the molecule is O=C1CCCC[C@H]2[C@@H](C[C@@H](c3ccc(F)cc3)N2C(=O)Cn2cccn2)N1. The van der Waals surface area contributed by atoms with Crippen LogP contribution in [0.3, 0.4) is 0 Å². The number of likely N-dealkylation sites (tertiary alicyclic amines) is 1. The third-order valence-corrected chi connectivity index (χ3v) is 5.53. The number of benzene rings is 1. The summed E-state index contributed by atoms with van der Waals surface area (Å²) < 4.78 is 15.0. The number of carbonyl (C=O) groups excluding carboxylic acids is 2. The summed E-state index contributed by atoms with van der Waals surface area (Å²) in [5.41, 5.74) is 0.895. The number of nitrogens with zero attached hydrogens (tertiary/aromatic N) is 3. The summed E-state index contributed by atoms with van der Waals surface area (Å²) in [5.74, 6) is -0.287. The second-order valence-corrected chi connectivity index (χ2v) is 7.29. The highest BCUT2D eigenvalue weighted by molar-refractivity contribution is 5.79. The summed E-state index contributed by atoms with van der Waals surface area (Å²) in [7, 11) is 0. The summed E-state index contributed by atoms with van der Waals surface area (Å²) >= 11 is 0. The van der Waals surface area contributed by atoms with E-state index in [1.54, 1.807) is 35.3 Å². The first-order valence-corrected chi connectivity index (χ1v) is 9.45. The van der Waals surface area contributed by atoms with Crippen LogP contribution in [0.4, 0.5) is 4.39 Å². The Kier molecular flexibility index (Phi) is 4.92. The van der Waals surface area contributed by atoms with Gasteiger partial charge in [0, 0.05) is 18.8 Å². The number of amides is 2. The Morgan fingerprint density at radius 2 is 2.07 bits per heavy atom. The molecule has 1 aromatic carbocycles. The van der Waals surface area contributed by atoms with E-state index in [9.17, 15) is 14.0 Å². The van der Waals surface area contributed by atoms with E-state index >= 15 is 0 Å². The van der Waals surface area contributed by atoms with Crippen LogP contribution in [0, 0.1) is 5.82 Å². The smallest absolute Gasteiger partial charge is 0.245 e. The zero-order chi connectivity index (χ0) is 18.8. The van der Waals surface area contributed by atoms with Crippen molar-refractivity contribution in [1.82, 2.24) is 20.0 Å². The molecule has 2 aliphatic rings. The van der Waals surface area contributed by atoms with Crippen LogP contribution in [0.5, 0.6) is 0 Å². The van der Waals surface area contributed by atoms with E-state index in [2.05, 4.69) is 10.4 Å². The van der Waals surface area contributed by atoms with Gasteiger partial charge in [0.25, 0.3) is 0 Å². The number of hydrogen-bond donors (Lipinski definition) is 1. The van der Waals surface area contributed by atoms with Crippen LogP contribution in [0.1, 0.15) is 43.7 Å². The molecule has 7 heteroatoms. The van der Waals surface area contributed by atoms with E-state index in [0.717, 1.165) is 24.8 Å². The maximum Gasteiger partial charge on any atom is 0.245 e. The fraction of sp³-hybridized carbons (Fsp3) is 0.450. The molecular formula is C20H23FN4O2. The summed E-state index contributed by atoms with van der Waals surface area (Å²) in [6.45, 7) is 0.155. The molecule has 2 aliphatic heterocycles. The van der Waals surface area contributed by atoms with Crippen molar-refractivity contribution >= 4 is 11.8 Å². The van der Waals surface area contributed by atoms with Crippen LogP contribution in [0.2, 0.25) is 0 Å². The third-order valence-electron chi connectivity index (χ3n) is 5.53. The van der Waals surface area contributed by atoms with Crippen LogP contribution in [0.25, 0.3) is 0 Å². The predicted molar refractivity (Wildman–Crippen MR) is 97.0 cm³/mol. The first kappa shape index (κ1) is 17.7. The monoisotopic (exact) mass is 370 g/mol. The number of rotatable bonds is 3. The molecule has 0 spiro atoms. The van der Waals surface area contributed by atoms with Crippen molar-refractivity contribution in [3.63, 3.8) is 0 Å². The highest BCUT2D eigenvalue weighted by Gasteiger charge is 2.45. The van der Waals surface area contributed by atoms with Crippen molar-refractivity contribution in [2.75, 3.05) is 0 Å². The lowest BCUT2D eigenvalue weighted by atomic mass is 9.97. The minimum atomic E-state index is -0.300. The largest absolute Gasteiger partial charge is 0.351 e. The van der Waals surface area contributed by atoms with Gasteiger partial charge in [0.15, 0.2) is 0 Å². The van der Waals surface area contributed by atoms with E-state index in [4.69, 9.17) is 0 Å². The van der Waals surface area contributed by atoms with E-state index < -0.39 is 0 Å². The number of fused-ring (bicyclic) bond motifs is 1. The van der Waals surface area contributed by atoms with Gasteiger partial charge in [-0.15, -0.1) is 0 Å². The van der Waals surface area contributed by atoms with Gasteiger partial charge in [-0.05, 0) is 43.0 Å². The van der Waals surface area contributed by atoms with E-state index in [1.807, 2.05) is 4.90 Å². The Morgan fingerprint density at radius 1 is 1.26 bits per heavy atom. The average molecular weight is 370 g/mol. The van der Waals surface area contributed by atoms with Crippen molar-refractivity contribution < 1.29 is 14.0 Å². The van der Waals surface area contributed by atoms with E-state index in [1.165, 1.54) is 12.1 Å². The van der Waals surface area contributed by atoms with Gasteiger partial charge in [0.1, 0.15) is 12.4 Å². The molecule has 2 saturated heterocycles. The molecule has 142 valence electrons. The number of carbonyl (C=O) groups is 2. The van der Waals surface area contributed by atoms with Crippen LogP contribution in [-0.2, 0) is 16.1 Å². The minimum absolute atomic E-state index is 0.0321. The van der Waals surface area contributed by atoms with Crippen molar-refractivity contribution in [2.45, 2.75) is 56.8 Å². The molecule has 1 aromatic heterocycles. The fourth-order valence-corrected chi connectivity index (χ4v) is 4.30. The van der Waals surface area contributed by atoms with Gasteiger partial charge in [0.2, 0.25) is 11.8 Å². The molecule has 2 amide bonds. The Balaban J connectivity index is 1.65. The fourth-order valence-electron chi connectivity index (χ4n) is 4.30. The van der Waals surface area contributed by atoms with Crippen LogP contribution >= 0.6 is 0 Å². The predicted octanol–water partition coefficient (Wildman–Crippen LogP) is 2.42. The maximum atomic E-state index is 13.4. The van der Waals surface area contributed by atoms with Crippen LogP contribution < -0.4 is 5.32 Å². The first-order chi connectivity index (χ1) is 13.1. The Morgan fingerprint density at radius 3 is 2.81 bits per heavy atom. The second-order valence-electron chi connectivity index (χ2n) is 7.29. The molecule has 27 heavy (non-hydrogen) atoms. The quantitative estimate of drug-likeness (QED) is 0.902. The zero-order valence-corrected chi connectivity index (χ0v) is 15.1. The van der Waals surface area contributed by atoms with Crippen molar-refractivity contribution in [3.05, 3.63) is 54.1 Å². The van der Waals surface area contributed by atoms with Crippen LogP contribution in [-0.4, -0.2) is 38.6 Å². The van der Waals surface area contributed by atoms with Gasteiger partial charge < -0.3 is 10.2 Å². The standard InChI is InChI=1S/C20H23FN4O2/c21-15-8-6-14(7-9-15)18-12-16-17(4-1-2-5-19(26)23-16)25(18)20(27)13-24-11-3-10-22-24/h3,6-11,16-18H,1-2,4-5,12-13H2,(H,23,26)/t16-,17+,18+/m1/s1. The molecule has 0 aliphatic carbocycles. The molecule has 2 fully saturated rings. The Labute approximate surface area is 157 Å². The normalized spacial score (nSPS) is 25.4. The molecule has 4 rings (SSSR count). The van der Waals surface area contributed by atoms with Crippen molar-refractivity contribution in [1.29, 1.82) is 0 Å². The number of halogens is 1.